The summed E-state index contributed by atoms with van der Waals surface area (Å²) in [6.45, 7) is 3.47. The Morgan fingerprint density at radius 2 is 1.93 bits per heavy atom. The van der Waals surface area contributed by atoms with Gasteiger partial charge in [0.15, 0.2) is 0 Å². The van der Waals surface area contributed by atoms with Gasteiger partial charge in [0.1, 0.15) is 22.2 Å². The fourth-order valence-corrected chi connectivity index (χ4v) is 5.49. The molecule has 4 rings (SSSR count). The van der Waals surface area contributed by atoms with Gasteiger partial charge in [-0.05, 0) is 37.3 Å². The molecule has 4 aromatic rings. The maximum absolute atomic E-state index is 15.2. The highest BCUT2D eigenvalue weighted by Gasteiger charge is 2.22. The number of anilines is 1. The van der Waals surface area contributed by atoms with Crippen LogP contribution in [0.1, 0.15) is 13.8 Å². The summed E-state index contributed by atoms with van der Waals surface area (Å²) in [7, 11) is -3.08. The van der Waals surface area contributed by atoms with Gasteiger partial charge in [-0.3, -0.25) is 18.9 Å². The van der Waals surface area contributed by atoms with E-state index >= 15 is 4.39 Å². The van der Waals surface area contributed by atoms with Gasteiger partial charge in [-0.2, -0.15) is 0 Å². The molecular weight excluding hydrogens is 570 g/mol. The van der Waals surface area contributed by atoms with Crippen LogP contribution in [0.2, 0.25) is 5.02 Å². The monoisotopic (exact) mass is 592 g/mol. The summed E-state index contributed by atoms with van der Waals surface area (Å²) in [5.74, 6) is -2.72. The normalized spacial score (nSPS) is 12.2. The van der Waals surface area contributed by atoms with E-state index in [0.717, 1.165) is 24.3 Å². The van der Waals surface area contributed by atoms with Gasteiger partial charge >= 0.3 is 5.97 Å². The highest BCUT2D eigenvalue weighted by atomic mass is 35.5. The predicted molar refractivity (Wildman–Crippen MR) is 144 cm³/mol. The van der Waals surface area contributed by atoms with E-state index in [1.165, 1.54) is 36.3 Å². The van der Waals surface area contributed by atoms with Crippen molar-refractivity contribution >= 4 is 44.2 Å². The fraction of sp³-hybridized carbons (Fsp3) is 0.231. The van der Waals surface area contributed by atoms with Crippen LogP contribution in [-0.4, -0.2) is 42.6 Å². The highest BCUT2D eigenvalue weighted by Crippen LogP contribution is 2.33. The lowest BCUT2D eigenvalue weighted by Gasteiger charge is -2.15. The molecule has 40 heavy (non-hydrogen) atoms. The van der Waals surface area contributed by atoms with Crippen LogP contribution >= 0.6 is 11.6 Å². The number of carbonyl (C=O) groups is 1. The Morgan fingerprint density at radius 1 is 1.18 bits per heavy atom. The number of nitrogens with one attached hydrogen (secondary N) is 1. The lowest BCUT2D eigenvalue weighted by atomic mass is 10.0. The summed E-state index contributed by atoms with van der Waals surface area (Å²) in [5, 5.41) is -0.289. The first-order valence-corrected chi connectivity index (χ1v) is 13.7. The molecular formula is C26H23ClF2N4O6S. The smallest absolute Gasteiger partial charge is 0.310 e. The average Bonchev–Trinajstić information content (AvgIpc) is 2.89. The number of fused-ring (bicyclic) bond motifs is 1. The molecule has 0 bridgehead atoms. The van der Waals surface area contributed by atoms with Gasteiger partial charge in [-0.15, -0.1) is 0 Å². The van der Waals surface area contributed by atoms with Crippen LogP contribution in [0.25, 0.3) is 22.0 Å². The molecule has 2 heterocycles. The number of rotatable bonds is 9. The lowest BCUT2D eigenvalue weighted by Crippen LogP contribution is -2.27. The molecule has 10 nitrogen and oxygen atoms in total. The Hall–Kier alpha value is -4.10. The highest BCUT2D eigenvalue weighted by molar-refractivity contribution is 7.92. The molecule has 0 saturated heterocycles. The molecule has 0 spiro atoms. The van der Waals surface area contributed by atoms with E-state index in [2.05, 4.69) is 14.7 Å². The summed E-state index contributed by atoms with van der Waals surface area (Å²) in [6, 6.07) is 6.38. The maximum atomic E-state index is 15.2. The average molecular weight is 593 g/mol. The number of esters is 1. The summed E-state index contributed by atoms with van der Waals surface area (Å²) < 4.78 is 68.2. The Morgan fingerprint density at radius 3 is 2.60 bits per heavy atom. The van der Waals surface area contributed by atoms with Crippen LogP contribution < -0.4 is 15.0 Å². The molecule has 0 aliphatic rings. The number of nitrogens with zero attached hydrogens (tertiary/aromatic N) is 3. The molecule has 0 aliphatic heterocycles. The SMILES string of the molecule is CCOC(=O)C(C)Cn1cnc2cc(F)c(-c3cnc(OC)c(NS(=O)(=O)c4ccc(F)cc4Cl)c3)cc2c1=O. The number of methoxy groups -OCH3 is 1. The minimum absolute atomic E-state index is 0.00468. The number of pyridine rings is 1. The van der Waals surface area contributed by atoms with E-state index in [0.29, 0.717) is 0 Å². The van der Waals surface area contributed by atoms with Crippen LogP contribution in [0, 0.1) is 17.6 Å². The Labute approximate surface area is 232 Å². The first-order chi connectivity index (χ1) is 18.9. The van der Waals surface area contributed by atoms with Crippen LogP contribution in [0.3, 0.4) is 0 Å². The molecule has 0 fully saturated rings. The number of benzene rings is 2. The van der Waals surface area contributed by atoms with Crippen molar-refractivity contribution < 1.29 is 31.5 Å². The second kappa shape index (κ2) is 11.6. The van der Waals surface area contributed by atoms with Gasteiger partial charge in [-0.1, -0.05) is 18.5 Å². The van der Waals surface area contributed by atoms with Gasteiger partial charge in [0.25, 0.3) is 15.6 Å². The molecule has 210 valence electrons. The lowest BCUT2D eigenvalue weighted by molar-refractivity contribution is -0.147. The zero-order chi connectivity index (χ0) is 29.2. The number of halogens is 3. The third-order valence-corrected chi connectivity index (χ3v) is 7.70. The van der Waals surface area contributed by atoms with Crippen molar-refractivity contribution in [2.75, 3.05) is 18.4 Å². The molecule has 2 aromatic heterocycles. The van der Waals surface area contributed by atoms with Gasteiger partial charge < -0.3 is 9.47 Å². The van der Waals surface area contributed by atoms with E-state index in [1.54, 1.807) is 13.8 Å². The molecule has 1 N–H and O–H groups in total. The minimum atomic E-state index is -4.34. The second-order valence-corrected chi connectivity index (χ2v) is 10.7. The zero-order valence-corrected chi connectivity index (χ0v) is 23.0. The van der Waals surface area contributed by atoms with Crippen LogP contribution in [0.15, 0.2) is 58.6 Å². The van der Waals surface area contributed by atoms with Gasteiger partial charge in [0.05, 0.1) is 41.9 Å². The van der Waals surface area contributed by atoms with E-state index in [4.69, 9.17) is 21.1 Å². The standard InChI is InChI=1S/C26H23ClF2N4O6S/c1-4-39-26(35)14(2)12-33-13-31-21-10-20(29)17(9-18(21)25(33)34)15-7-22(24(38-3)30-11-15)32-40(36,37)23-6-5-16(28)8-19(23)27/h5-11,13-14,32H,4,12H2,1-3H3. The molecule has 1 atom stereocenters. The number of carbonyl (C=O) groups excluding carboxylic acids is 1. The van der Waals surface area contributed by atoms with E-state index in [9.17, 15) is 22.4 Å². The molecule has 0 amide bonds. The molecule has 1 unspecified atom stereocenters. The number of hydrogen-bond donors (Lipinski definition) is 1. The van der Waals surface area contributed by atoms with E-state index in [-0.39, 0.29) is 51.8 Å². The first-order valence-electron chi connectivity index (χ1n) is 11.8. The summed E-state index contributed by atoms with van der Waals surface area (Å²) in [6.07, 6.45) is 2.46. The number of hydrogen-bond acceptors (Lipinski definition) is 8. The molecule has 2 aromatic carbocycles. The van der Waals surface area contributed by atoms with Crippen molar-refractivity contribution in [3.05, 3.63) is 75.9 Å². The molecule has 0 radical (unpaired) electrons. The van der Waals surface area contributed by atoms with Crippen molar-refractivity contribution in [3.63, 3.8) is 0 Å². The van der Waals surface area contributed by atoms with Crippen molar-refractivity contribution in [3.8, 4) is 17.0 Å². The maximum Gasteiger partial charge on any atom is 0.310 e. The third-order valence-electron chi connectivity index (χ3n) is 5.86. The Balaban J connectivity index is 1.76. The molecule has 0 aliphatic carbocycles. The summed E-state index contributed by atoms with van der Waals surface area (Å²) >= 11 is 5.93. The predicted octanol–water partition coefficient (Wildman–Crippen LogP) is 4.40. The van der Waals surface area contributed by atoms with Gasteiger partial charge in [0.2, 0.25) is 5.88 Å². The van der Waals surface area contributed by atoms with Crippen molar-refractivity contribution in [2.45, 2.75) is 25.3 Å². The van der Waals surface area contributed by atoms with Crippen molar-refractivity contribution in [1.29, 1.82) is 0 Å². The summed E-state index contributed by atoms with van der Waals surface area (Å²) in [4.78, 5) is 33.0. The number of sulfonamides is 1. The van der Waals surface area contributed by atoms with E-state index in [1.807, 2.05) is 0 Å². The van der Waals surface area contributed by atoms with Crippen LogP contribution in [-0.2, 0) is 26.1 Å². The third kappa shape index (κ3) is 5.89. The Bertz CT molecular complexity index is 1780. The summed E-state index contributed by atoms with van der Waals surface area (Å²) in [5.41, 5.74) is -0.557. The quantitative estimate of drug-likeness (QED) is 0.283. The first kappa shape index (κ1) is 28.9. The van der Waals surface area contributed by atoms with Gasteiger partial charge in [0, 0.05) is 29.9 Å². The topological polar surface area (TPSA) is 129 Å². The Kier molecular flexibility index (Phi) is 8.35. The van der Waals surface area contributed by atoms with Crippen LogP contribution in [0.5, 0.6) is 5.88 Å². The van der Waals surface area contributed by atoms with E-state index < -0.39 is 44.0 Å². The fourth-order valence-electron chi connectivity index (χ4n) is 3.91. The minimum Gasteiger partial charge on any atom is -0.480 e. The van der Waals surface area contributed by atoms with Crippen LogP contribution in [0.4, 0.5) is 14.5 Å². The van der Waals surface area contributed by atoms with Crippen molar-refractivity contribution in [2.24, 2.45) is 5.92 Å². The number of aromatic nitrogens is 3. The van der Waals surface area contributed by atoms with Crippen molar-refractivity contribution in [1.82, 2.24) is 14.5 Å². The molecule has 0 saturated carbocycles. The zero-order valence-electron chi connectivity index (χ0n) is 21.4. The number of ether oxygens (including phenoxy) is 2. The molecule has 14 heteroatoms. The van der Waals surface area contributed by atoms with Gasteiger partial charge in [-0.25, -0.2) is 27.2 Å². The second-order valence-electron chi connectivity index (χ2n) is 8.67. The largest absolute Gasteiger partial charge is 0.480 e.